The molecule has 0 aliphatic heterocycles. The zero-order chi connectivity index (χ0) is 18.5. The van der Waals surface area contributed by atoms with Crippen LogP contribution in [0.5, 0.6) is 0 Å². The Bertz CT molecular complexity index is 696. The highest BCUT2D eigenvalue weighted by Gasteiger charge is 2.84. The third kappa shape index (κ3) is 1.89. The molecule has 13 heteroatoms. The second kappa shape index (κ2) is 4.76. The molecular formula is C10H12N4O9. The molecule has 0 fully saturated rings. The van der Waals surface area contributed by atoms with Crippen molar-refractivity contribution in [2.75, 3.05) is 0 Å². The molecule has 23 heavy (non-hydrogen) atoms. The molecule has 0 amide bonds. The molecule has 126 valence electrons. The van der Waals surface area contributed by atoms with Gasteiger partial charge in [0.1, 0.15) is 5.41 Å². The first-order chi connectivity index (χ1) is 10.2. The van der Waals surface area contributed by atoms with E-state index >= 15 is 0 Å². The number of Topliss-reactive ketones (excluding diaryl/α,β-unsaturated/α-hetero) is 1. The number of carbonyl (C=O) groups excluding carboxylic acids is 1. The molecule has 0 bridgehead atoms. The van der Waals surface area contributed by atoms with Gasteiger partial charge in [0.15, 0.2) is 0 Å². The van der Waals surface area contributed by atoms with Crippen molar-refractivity contribution in [3.63, 3.8) is 0 Å². The Morgan fingerprint density at radius 3 is 1.30 bits per heavy atom. The highest BCUT2D eigenvalue weighted by molar-refractivity contribution is 5.96. The van der Waals surface area contributed by atoms with Crippen LogP contribution in [0, 0.1) is 45.9 Å². The van der Waals surface area contributed by atoms with Gasteiger partial charge in [-0.15, -0.1) is 0 Å². The molecule has 1 rings (SSSR count). The summed E-state index contributed by atoms with van der Waals surface area (Å²) < 4.78 is 0. The Kier molecular flexibility index (Phi) is 3.73. The monoisotopic (exact) mass is 332 g/mol. The highest BCUT2D eigenvalue weighted by Crippen LogP contribution is 2.50. The molecule has 0 radical (unpaired) electrons. The average Bonchev–Trinajstić information content (AvgIpc) is 2.38. The van der Waals surface area contributed by atoms with Crippen LogP contribution >= 0.6 is 0 Å². The fraction of sp³-hybridized carbons (Fsp3) is 0.700. The van der Waals surface area contributed by atoms with E-state index < -0.39 is 53.4 Å². The molecule has 2 atom stereocenters. The third-order valence-corrected chi connectivity index (χ3v) is 4.33. The highest BCUT2D eigenvalue weighted by atomic mass is 16.7. The zero-order valence-corrected chi connectivity index (χ0v) is 12.5. The predicted molar refractivity (Wildman–Crippen MR) is 70.6 cm³/mol. The minimum Gasteiger partial charge on any atom is -0.290 e. The van der Waals surface area contributed by atoms with Gasteiger partial charge in [-0.3, -0.25) is 45.3 Å². The molecule has 0 heterocycles. The maximum Gasteiger partial charge on any atom is 0.403 e. The summed E-state index contributed by atoms with van der Waals surface area (Å²) in [7, 11) is 0. The van der Waals surface area contributed by atoms with Crippen LogP contribution in [0.4, 0.5) is 0 Å². The summed E-state index contributed by atoms with van der Waals surface area (Å²) in [6, 6.07) is 0. The maximum absolute atomic E-state index is 12.5. The minimum absolute atomic E-state index is 0.477. The molecule has 0 saturated carbocycles. The van der Waals surface area contributed by atoms with Crippen molar-refractivity contribution in [1.29, 1.82) is 0 Å². The first kappa shape index (κ1) is 18.1. The fourth-order valence-corrected chi connectivity index (χ4v) is 2.80. The smallest absolute Gasteiger partial charge is 0.290 e. The van der Waals surface area contributed by atoms with Crippen LogP contribution in [0.15, 0.2) is 11.4 Å². The maximum atomic E-state index is 12.5. The third-order valence-electron chi connectivity index (χ3n) is 4.33. The summed E-state index contributed by atoms with van der Waals surface area (Å²) in [5, 5.41) is 45.3. The zero-order valence-electron chi connectivity index (χ0n) is 12.5. The summed E-state index contributed by atoms with van der Waals surface area (Å²) in [6.07, 6.45) is 0. The first-order valence-corrected chi connectivity index (χ1v) is 6.06. The van der Waals surface area contributed by atoms with Crippen LogP contribution in [0.1, 0.15) is 27.7 Å². The number of rotatable bonds is 4. The molecule has 0 aromatic carbocycles. The lowest BCUT2D eigenvalue weighted by molar-refractivity contribution is -0.683. The predicted octanol–water partition coefficient (Wildman–Crippen LogP) is 0.431. The Hall–Kier alpha value is -2.99. The molecule has 1 aliphatic rings. The number of hydrogen-bond acceptors (Lipinski definition) is 9. The Morgan fingerprint density at radius 1 is 0.696 bits per heavy atom. The van der Waals surface area contributed by atoms with Gasteiger partial charge < -0.3 is 0 Å². The van der Waals surface area contributed by atoms with E-state index in [-0.39, 0.29) is 0 Å². The molecule has 0 N–H and O–H groups in total. The van der Waals surface area contributed by atoms with E-state index in [1.54, 1.807) is 0 Å². The van der Waals surface area contributed by atoms with E-state index in [1.807, 2.05) is 0 Å². The van der Waals surface area contributed by atoms with E-state index in [4.69, 9.17) is 0 Å². The first-order valence-electron chi connectivity index (χ1n) is 6.06. The van der Waals surface area contributed by atoms with Gasteiger partial charge in [0.2, 0.25) is 5.78 Å². The minimum atomic E-state index is -3.21. The number of hydrogen-bond donors (Lipinski definition) is 0. The Labute approximate surface area is 127 Å². The van der Waals surface area contributed by atoms with Crippen LogP contribution in [0.2, 0.25) is 0 Å². The number of nitro groups is 4. The van der Waals surface area contributed by atoms with Gasteiger partial charge in [0.05, 0.1) is 9.85 Å². The lowest BCUT2D eigenvalue weighted by Crippen LogP contribution is -2.72. The van der Waals surface area contributed by atoms with Crippen molar-refractivity contribution in [2.24, 2.45) is 5.41 Å². The molecule has 0 aromatic heterocycles. The van der Waals surface area contributed by atoms with Crippen molar-refractivity contribution in [1.82, 2.24) is 0 Å². The van der Waals surface area contributed by atoms with Crippen LogP contribution in [-0.2, 0) is 4.79 Å². The van der Waals surface area contributed by atoms with Gasteiger partial charge in [0, 0.05) is 23.7 Å². The van der Waals surface area contributed by atoms with Crippen molar-refractivity contribution >= 4 is 5.78 Å². The van der Waals surface area contributed by atoms with Crippen LogP contribution < -0.4 is 0 Å². The molecule has 0 unspecified atom stereocenters. The number of carbonyl (C=O) groups is 1. The van der Waals surface area contributed by atoms with Gasteiger partial charge in [-0.25, -0.2) is 0 Å². The quantitative estimate of drug-likeness (QED) is 0.518. The van der Waals surface area contributed by atoms with Crippen LogP contribution in [0.3, 0.4) is 0 Å². The Morgan fingerprint density at radius 2 is 1.04 bits per heavy atom. The average molecular weight is 332 g/mol. The summed E-state index contributed by atoms with van der Waals surface area (Å²) in [6.45, 7) is 2.82. The summed E-state index contributed by atoms with van der Waals surface area (Å²) in [4.78, 5) is 52.5. The number of ketones is 1. The standard InChI is InChI=1S/C10H12N4O9/c1-8(2)5(11(16)17)6(12(18)19)9(3,13(20)21)10(4,7(8)15)14(22)23/h1-4H3/t9-,10-/m0/s1. The second-order valence-electron chi connectivity index (χ2n) is 5.82. The molecular weight excluding hydrogens is 320 g/mol. The van der Waals surface area contributed by atoms with Gasteiger partial charge in [-0.2, -0.15) is 0 Å². The SMILES string of the molecule is CC1(C)C(=O)[C@](C)([N+](=O)[O-])[C@@](C)([N+](=O)[O-])C([N+](=O)[O-])=C1[N+](=O)[O-]. The van der Waals surface area contributed by atoms with Gasteiger partial charge in [-0.1, -0.05) is 0 Å². The lowest BCUT2D eigenvalue weighted by Gasteiger charge is -2.36. The van der Waals surface area contributed by atoms with Crippen molar-refractivity contribution in [3.05, 3.63) is 51.9 Å². The van der Waals surface area contributed by atoms with E-state index in [9.17, 15) is 45.3 Å². The van der Waals surface area contributed by atoms with Crippen molar-refractivity contribution in [3.8, 4) is 0 Å². The van der Waals surface area contributed by atoms with Crippen molar-refractivity contribution in [2.45, 2.75) is 38.8 Å². The van der Waals surface area contributed by atoms with Crippen LogP contribution in [-0.4, -0.2) is 36.6 Å². The van der Waals surface area contributed by atoms with E-state index in [2.05, 4.69) is 0 Å². The largest absolute Gasteiger partial charge is 0.403 e. The van der Waals surface area contributed by atoms with Crippen molar-refractivity contribution < 1.29 is 24.5 Å². The molecule has 0 spiro atoms. The summed E-state index contributed by atoms with van der Waals surface area (Å²) in [5.41, 5.74) is -11.4. The van der Waals surface area contributed by atoms with E-state index in [0.717, 1.165) is 13.8 Å². The summed E-state index contributed by atoms with van der Waals surface area (Å²) >= 11 is 0. The molecule has 0 saturated heterocycles. The fourth-order valence-electron chi connectivity index (χ4n) is 2.80. The lowest BCUT2D eigenvalue weighted by atomic mass is 9.60. The molecule has 0 aromatic rings. The van der Waals surface area contributed by atoms with Gasteiger partial charge in [0.25, 0.3) is 0 Å². The Balaban J connectivity index is 4.22. The molecule has 1 aliphatic carbocycles. The normalized spacial score (nSPS) is 30.0. The summed E-state index contributed by atoms with van der Waals surface area (Å²) in [5.74, 6) is -1.45. The molecule has 13 nitrogen and oxygen atoms in total. The second-order valence-corrected chi connectivity index (χ2v) is 5.82. The van der Waals surface area contributed by atoms with Gasteiger partial charge in [-0.05, 0) is 13.8 Å². The topological polar surface area (TPSA) is 190 Å². The van der Waals surface area contributed by atoms with E-state index in [1.165, 1.54) is 0 Å². The van der Waals surface area contributed by atoms with Gasteiger partial charge >= 0.3 is 22.5 Å². The van der Waals surface area contributed by atoms with Crippen LogP contribution in [0.25, 0.3) is 0 Å². The van der Waals surface area contributed by atoms with E-state index in [0.29, 0.717) is 13.8 Å². The number of allylic oxidation sites excluding steroid dienone is 1. The number of nitrogens with zero attached hydrogens (tertiary/aromatic N) is 4.